The first-order valence-electron chi connectivity index (χ1n) is 8.32. The zero-order valence-electron chi connectivity index (χ0n) is 14.0. The lowest BCUT2D eigenvalue weighted by molar-refractivity contribution is -0.115. The predicted octanol–water partition coefficient (Wildman–Crippen LogP) is 3.32. The van der Waals surface area contributed by atoms with E-state index in [0.717, 1.165) is 41.8 Å². The minimum absolute atomic E-state index is 0.0463. The van der Waals surface area contributed by atoms with Crippen molar-refractivity contribution in [2.24, 2.45) is 0 Å². The maximum Gasteiger partial charge on any atom is 0.230 e. The van der Waals surface area contributed by atoms with Crippen LogP contribution >= 0.6 is 11.3 Å². The maximum atomic E-state index is 12.1. The molecule has 5 nitrogen and oxygen atoms in total. The van der Waals surface area contributed by atoms with Crippen LogP contribution in [0.3, 0.4) is 0 Å². The minimum Gasteiger partial charge on any atom is -0.497 e. The van der Waals surface area contributed by atoms with Gasteiger partial charge < -0.3 is 10.1 Å². The molecule has 0 bridgehead atoms. The van der Waals surface area contributed by atoms with E-state index < -0.39 is 0 Å². The number of nitrogens with one attached hydrogen (secondary N) is 1. The molecule has 1 fully saturated rings. The smallest absolute Gasteiger partial charge is 0.230 e. The molecule has 1 aliphatic rings. The number of amides is 1. The van der Waals surface area contributed by atoms with Crippen LogP contribution in [0.25, 0.3) is 0 Å². The molecule has 1 saturated heterocycles. The number of carbonyl (C=O) groups is 1. The van der Waals surface area contributed by atoms with Crippen LogP contribution in [0.1, 0.15) is 30.0 Å². The molecule has 0 unspecified atom stereocenters. The third-order valence-corrected chi connectivity index (χ3v) is 5.00. The van der Waals surface area contributed by atoms with Crippen molar-refractivity contribution in [1.29, 1.82) is 0 Å². The number of rotatable bonds is 6. The van der Waals surface area contributed by atoms with Gasteiger partial charge in [-0.2, -0.15) is 0 Å². The van der Waals surface area contributed by atoms with E-state index in [1.54, 1.807) is 18.4 Å². The van der Waals surface area contributed by atoms with Gasteiger partial charge >= 0.3 is 0 Å². The molecular formula is C18H23N3O2S. The molecule has 24 heavy (non-hydrogen) atoms. The molecule has 1 aromatic carbocycles. The normalized spacial score (nSPS) is 15.2. The summed E-state index contributed by atoms with van der Waals surface area (Å²) >= 11 is 1.65. The lowest BCUT2D eigenvalue weighted by Crippen LogP contribution is -2.29. The summed E-state index contributed by atoms with van der Waals surface area (Å²) in [5, 5.41) is 5.99. The first kappa shape index (κ1) is 16.9. The Balaban J connectivity index is 1.50. The lowest BCUT2D eigenvalue weighted by atomic mass is 10.1. The monoisotopic (exact) mass is 345 g/mol. The molecule has 1 aromatic heterocycles. The summed E-state index contributed by atoms with van der Waals surface area (Å²) in [6, 6.07) is 7.32. The van der Waals surface area contributed by atoms with E-state index >= 15 is 0 Å². The molecule has 6 heteroatoms. The third kappa shape index (κ3) is 4.79. The second-order valence-electron chi connectivity index (χ2n) is 6.02. The van der Waals surface area contributed by atoms with E-state index in [4.69, 9.17) is 4.74 Å². The number of aromatic nitrogens is 1. The van der Waals surface area contributed by atoms with Crippen molar-refractivity contribution >= 4 is 22.9 Å². The van der Waals surface area contributed by atoms with Gasteiger partial charge in [0.25, 0.3) is 0 Å². The van der Waals surface area contributed by atoms with Gasteiger partial charge in [0.05, 0.1) is 25.8 Å². The quantitative estimate of drug-likeness (QED) is 0.873. The van der Waals surface area contributed by atoms with Gasteiger partial charge in [0.15, 0.2) is 0 Å². The molecule has 128 valence electrons. The molecule has 0 spiro atoms. The van der Waals surface area contributed by atoms with E-state index in [2.05, 4.69) is 15.2 Å². The highest BCUT2D eigenvalue weighted by Crippen LogP contribution is 2.18. The van der Waals surface area contributed by atoms with E-state index in [1.807, 2.05) is 29.6 Å². The van der Waals surface area contributed by atoms with Gasteiger partial charge in [0.2, 0.25) is 5.91 Å². The fraction of sp³-hybridized carbons (Fsp3) is 0.444. The summed E-state index contributed by atoms with van der Waals surface area (Å²) in [5.74, 6) is 0.727. The van der Waals surface area contributed by atoms with Crippen LogP contribution in [-0.2, 0) is 17.8 Å². The standard InChI is InChI=1S/C18H23N3O2S/c1-23-16-7-5-14(6-8-16)19-17(22)11-15-13-24-18(20-15)12-21-9-3-2-4-10-21/h5-8,13H,2-4,9-12H2,1H3,(H,19,22). The van der Waals surface area contributed by atoms with Gasteiger partial charge in [0, 0.05) is 11.1 Å². The van der Waals surface area contributed by atoms with Gasteiger partial charge in [-0.25, -0.2) is 4.98 Å². The molecule has 3 rings (SSSR count). The molecular weight excluding hydrogens is 322 g/mol. The van der Waals surface area contributed by atoms with Crippen molar-refractivity contribution in [3.8, 4) is 5.75 Å². The van der Waals surface area contributed by atoms with Crippen molar-refractivity contribution < 1.29 is 9.53 Å². The molecule has 0 radical (unpaired) electrons. The predicted molar refractivity (Wildman–Crippen MR) is 96.6 cm³/mol. The van der Waals surface area contributed by atoms with Crippen LogP contribution in [0.2, 0.25) is 0 Å². The fourth-order valence-corrected chi connectivity index (χ4v) is 3.69. The minimum atomic E-state index is -0.0463. The highest BCUT2D eigenvalue weighted by molar-refractivity contribution is 7.09. The van der Waals surface area contributed by atoms with Gasteiger partial charge in [-0.3, -0.25) is 9.69 Å². The van der Waals surface area contributed by atoms with Crippen LogP contribution in [0.4, 0.5) is 5.69 Å². The zero-order valence-corrected chi connectivity index (χ0v) is 14.8. The third-order valence-electron chi connectivity index (χ3n) is 4.12. The second kappa shape index (κ2) is 8.26. The van der Waals surface area contributed by atoms with E-state index in [0.29, 0.717) is 6.42 Å². The summed E-state index contributed by atoms with van der Waals surface area (Å²) in [6.45, 7) is 3.23. The van der Waals surface area contributed by atoms with Crippen molar-refractivity contribution in [2.75, 3.05) is 25.5 Å². The summed E-state index contributed by atoms with van der Waals surface area (Å²) in [5.41, 5.74) is 1.61. The molecule has 2 aromatic rings. The Labute approximate surface area is 146 Å². The number of methoxy groups -OCH3 is 1. The van der Waals surface area contributed by atoms with Gasteiger partial charge in [-0.1, -0.05) is 6.42 Å². The largest absolute Gasteiger partial charge is 0.497 e. The van der Waals surface area contributed by atoms with Crippen LogP contribution in [-0.4, -0.2) is 36.0 Å². The number of ether oxygens (including phenoxy) is 1. The zero-order chi connectivity index (χ0) is 16.8. The summed E-state index contributed by atoms with van der Waals surface area (Å²) in [4.78, 5) is 19.2. The number of likely N-dealkylation sites (tertiary alicyclic amines) is 1. The second-order valence-corrected chi connectivity index (χ2v) is 6.97. The van der Waals surface area contributed by atoms with Crippen molar-refractivity contribution in [1.82, 2.24) is 9.88 Å². The Kier molecular flexibility index (Phi) is 5.82. The number of carbonyl (C=O) groups excluding carboxylic acids is 1. The van der Waals surface area contributed by atoms with Crippen molar-refractivity contribution in [3.63, 3.8) is 0 Å². The molecule has 0 saturated carbocycles. The average molecular weight is 345 g/mol. The highest BCUT2D eigenvalue weighted by atomic mass is 32.1. The number of thiazole rings is 1. The number of piperidine rings is 1. The summed E-state index contributed by atoms with van der Waals surface area (Å²) in [7, 11) is 1.62. The number of hydrogen-bond acceptors (Lipinski definition) is 5. The fourth-order valence-electron chi connectivity index (χ4n) is 2.86. The van der Waals surface area contributed by atoms with E-state index in [1.165, 1.54) is 19.3 Å². The topological polar surface area (TPSA) is 54.5 Å². The van der Waals surface area contributed by atoms with Gasteiger partial charge in [0.1, 0.15) is 10.8 Å². The first-order valence-corrected chi connectivity index (χ1v) is 9.20. The van der Waals surface area contributed by atoms with Crippen LogP contribution in [0, 0.1) is 0 Å². The Hall–Kier alpha value is -1.92. The summed E-state index contributed by atoms with van der Waals surface area (Å²) in [6.07, 6.45) is 4.21. The Morgan fingerprint density at radius 2 is 2.00 bits per heavy atom. The Bertz CT molecular complexity index is 663. The van der Waals surface area contributed by atoms with Gasteiger partial charge in [-0.15, -0.1) is 11.3 Å². The molecule has 1 N–H and O–H groups in total. The Morgan fingerprint density at radius 3 is 2.71 bits per heavy atom. The number of anilines is 1. The molecule has 2 heterocycles. The van der Waals surface area contributed by atoms with Crippen LogP contribution in [0.5, 0.6) is 5.75 Å². The maximum absolute atomic E-state index is 12.1. The number of hydrogen-bond donors (Lipinski definition) is 1. The molecule has 0 aliphatic carbocycles. The highest BCUT2D eigenvalue weighted by Gasteiger charge is 2.13. The van der Waals surface area contributed by atoms with Gasteiger partial charge in [-0.05, 0) is 50.2 Å². The van der Waals surface area contributed by atoms with Crippen LogP contribution < -0.4 is 10.1 Å². The average Bonchev–Trinajstić information content (AvgIpc) is 3.03. The van der Waals surface area contributed by atoms with Crippen LogP contribution in [0.15, 0.2) is 29.6 Å². The molecule has 1 aliphatic heterocycles. The van der Waals surface area contributed by atoms with E-state index in [9.17, 15) is 4.79 Å². The SMILES string of the molecule is COc1ccc(NC(=O)Cc2csc(CN3CCCCC3)n2)cc1. The van der Waals surface area contributed by atoms with Crippen molar-refractivity contribution in [3.05, 3.63) is 40.3 Å². The molecule has 1 amide bonds. The van der Waals surface area contributed by atoms with Crippen molar-refractivity contribution in [2.45, 2.75) is 32.2 Å². The number of benzene rings is 1. The molecule has 0 atom stereocenters. The Morgan fingerprint density at radius 1 is 1.25 bits per heavy atom. The first-order chi connectivity index (χ1) is 11.7. The summed E-state index contributed by atoms with van der Waals surface area (Å²) < 4.78 is 5.11. The van der Waals surface area contributed by atoms with E-state index in [-0.39, 0.29) is 5.91 Å². The number of nitrogens with zero attached hydrogens (tertiary/aromatic N) is 2. The lowest BCUT2D eigenvalue weighted by Gasteiger charge is -2.25.